The zero-order valence-corrected chi connectivity index (χ0v) is 14.5. The van der Waals surface area contributed by atoms with Crippen LogP contribution in [0.3, 0.4) is 0 Å². The molecule has 0 aliphatic rings. The van der Waals surface area contributed by atoms with Crippen molar-refractivity contribution in [3.63, 3.8) is 0 Å². The lowest BCUT2D eigenvalue weighted by molar-refractivity contribution is -0.145. The molecular weight excluding hydrogens is 400 g/mol. The Balaban J connectivity index is 3.20. The molecule has 1 aromatic rings. The second kappa shape index (κ2) is 8.93. The molecule has 1 atom stereocenters. The number of hydrogen-bond donors (Lipinski definition) is 1. The maximum absolute atomic E-state index is 12.9. The van der Waals surface area contributed by atoms with Gasteiger partial charge >= 0.3 is 24.3 Å². The monoisotopic (exact) mass is 415 g/mol. The molecule has 1 aromatic carbocycles. The Labute approximate surface area is 154 Å². The fraction of sp³-hybridized carbons (Fsp3) is 0.438. The molecule has 0 aliphatic carbocycles. The number of halogens is 6. The summed E-state index contributed by atoms with van der Waals surface area (Å²) in [7, 11) is 2.01. The van der Waals surface area contributed by atoms with Gasteiger partial charge in [-0.05, 0) is 24.6 Å². The molecule has 0 unspecified atom stereocenters. The Morgan fingerprint density at radius 3 is 1.82 bits per heavy atom. The van der Waals surface area contributed by atoms with Gasteiger partial charge in [0.1, 0.15) is 6.04 Å². The Bertz CT molecular complexity index is 712. The van der Waals surface area contributed by atoms with Crippen LogP contribution in [0.25, 0.3) is 0 Å². The van der Waals surface area contributed by atoms with Crippen LogP contribution in [0.4, 0.5) is 26.3 Å². The van der Waals surface area contributed by atoms with Crippen molar-refractivity contribution in [3.8, 4) is 0 Å². The number of hydrogen-bond acceptors (Lipinski definition) is 5. The molecule has 0 heterocycles. The number of nitrogens with one attached hydrogen (secondary N) is 1. The molecule has 1 rings (SSSR count). The highest BCUT2D eigenvalue weighted by molar-refractivity contribution is 5.97. The van der Waals surface area contributed by atoms with E-state index in [2.05, 4.69) is 9.47 Å². The third-order valence-electron chi connectivity index (χ3n) is 3.51. The molecule has 0 radical (unpaired) electrons. The molecule has 0 bridgehead atoms. The SMILES string of the molecule is COC(=O)CC[C@H](NC(=O)c1cc(C(F)(F)F)cc(C(F)(F)F)c1)C(=O)OC. The molecule has 0 saturated heterocycles. The average molecular weight is 415 g/mol. The summed E-state index contributed by atoms with van der Waals surface area (Å²) < 4.78 is 86.0. The zero-order chi connectivity index (χ0) is 21.7. The molecule has 12 heteroatoms. The lowest BCUT2D eigenvalue weighted by atomic mass is 10.0. The van der Waals surface area contributed by atoms with Gasteiger partial charge in [0, 0.05) is 12.0 Å². The van der Waals surface area contributed by atoms with Crippen LogP contribution in [-0.4, -0.2) is 38.1 Å². The summed E-state index contributed by atoms with van der Waals surface area (Å²) in [5.74, 6) is -3.17. The van der Waals surface area contributed by atoms with Gasteiger partial charge in [0.15, 0.2) is 0 Å². The van der Waals surface area contributed by atoms with Gasteiger partial charge in [-0.1, -0.05) is 0 Å². The second-order valence-corrected chi connectivity index (χ2v) is 5.46. The third-order valence-corrected chi connectivity index (χ3v) is 3.51. The van der Waals surface area contributed by atoms with Crippen LogP contribution in [0.15, 0.2) is 18.2 Å². The van der Waals surface area contributed by atoms with Crippen molar-refractivity contribution in [2.45, 2.75) is 31.2 Å². The Hall–Kier alpha value is -2.79. The van der Waals surface area contributed by atoms with Gasteiger partial charge in [-0.3, -0.25) is 9.59 Å². The molecule has 1 N–H and O–H groups in total. The van der Waals surface area contributed by atoms with Crippen LogP contribution in [0.1, 0.15) is 34.3 Å². The summed E-state index contributed by atoms with van der Waals surface area (Å²) in [5, 5.41) is 1.96. The number of carbonyl (C=O) groups is 3. The number of amides is 1. The van der Waals surface area contributed by atoms with E-state index in [1.165, 1.54) is 0 Å². The number of rotatable bonds is 6. The van der Waals surface area contributed by atoms with E-state index >= 15 is 0 Å². The van der Waals surface area contributed by atoms with E-state index in [1.54, 1.807) is 0 Å². The van der Waals surface area contributed by atoms with Crippen molar-refractivity contribution < 1.29 is 50.2 Å². The van der Waals surface area contributed by atoms with E-state index in [9.17, 15) is 40.7 Å². The molecular formula is C16H15F6NO5. The van der Waals surface area contributed by atoms with Gasteiger partial charge in [-0.2, -0.15) is 26.3 Å². The first kappa shape index (κ1) is 23.2. The van der Waals surface area contributed by atoms with E-state index in [-0.39, 0.29) is 31.0 Å². The summed E-state index contributed by atoms with van der Waals surface area (Å²) in [6.07, 6.45) is -11.0. The molecule has 0 aromatic heterocycles. The number of methoxy groups -OCH3 is 2. The maximum Gasteiger partial charge on any atom is 0.416 e. The molecule has 0 saturated carbocycles. The first-order chi connectivity index (χ1) is 12.8. The number of alkyl halides is 6. The van der Waals surface area contributed by atoms with Crippen LogP contribution in [0.5, 0.6) is 0 Å². The van der Waals surface area contributed by atoms with Crippen LogP contribution in [0.2, 0.25) is 0 Å². The molecule has 156 valence electrons. The maximum atomic E-state index is 12.9. The van der Waals surface area contributed by atoms with Gasteiger partial charge in [0.25, 0.3) is 5.91 Å². The molecule has 6 nitrogen and oxygen atoms in total. The van der Waals surface area contributed by atoms with Crippen molar-refractivity contribution in [2.24, 2.45) is 0 Å². The van der Waals surface area contributed by atoms with Gasteiger partial charge < -0.3 is 14.8 Å². The smallest absolute Gasteiger partial charge is 0.416 e. The molecule has 1 amide bonds. The summed E-state index contributed by atoms with van der Waals surface area (Å²) in [6.45, 7) is 0. The largest absolute Gasteiger partial charge is 0.469 e. The third kappa shape index (κ3) is 6.43. The quantitative estimate of drug-likeness (QED) is 0.571. The van der Waals surface area contributed by atoms with E-state index in [4.69, 9.17) is 0 Å². The Morgan fingerprint density at radius 2 is 1.43 bits per heavy atom. The Kier molecular flexibility index (Phi) is 7.42. The average Bonchev–Trinajstić information content (AvgIpc) is 2.61. The van der Waals surface area contributed by atoms with Gasteiger partial charge in [0.2, 0.25) is 0 Å². The summed E-state index contributed by atoms with van der Waals surface area (Å²) >= 11 is 0. The fourth-order valence-corrected chi connectivity index (χ4v) is 2.08. The number of esters is 2. The highest BCUT2D eigenvalue weighted by atomic mass is 19.4. The molecule has 0 spiro atoms. The zero-order valence-electron chi connectivity index (χ0n) is 14.5. The minimum absolute atomic E-state index is 0.133. The molecule has 28 heavy (non-hydrogen) atoms. The van der Waals surface area contributed by atoms with Crippen LogP contribution in [0, 0.1) is 0 Å². The Morgan fingerprint density at radius 1 is 0.929 bits per heavy atom. The van der Waals surface area contributed by atoms with Crippen LogP contribution in [-0.2, 0) is 31.4 Å². The number of carbonyl (C=O) groups excluding carboxylic acids is 3. The van der Waals surface area contributed by atoms with Gasteiger partial charge in [-0.25, -0.2) is 4.79 Å². The van der Waals surface area contributed by atoms with Gasteiger partial charge in [-0.15, -0.1) is 0 Å². The number of benzene rings is 1. The van der Waals surface area contributed by atoms with E-state index in [0.29, 0.717) is 0 Å². The lowest BCUT2D eigenvalue weighted by Crippen LogP contribution is -2.42. The standard InChI is InChI=1S/C16H15F6NO5/c1-27-12(24)4-3-11(14(26)28-2)23-13(25)8-5-9(15(17,18)19)7-10(6-8)16(20,21)22/h5-7,11H,3-4H2,1-2H3,(H,23,25)/t11-/m0/s1. The summed E-state index contributed by atoms with van der Waals surface area (Å²) in [6, 6.07) is -1.18. The predicted octanol–water partition coefficient (Wildman–Crippen LogP) is 2.95. The predicted molar refractivity (Wildman–Crippen MR) is 81.0 cm³/mol. The highest BCUT2D eigenvalue weighted by Gasteiger charge is 2.37. The highest BCUT2D eigenvalue weighted by Crippen LogP contribution is 2.36. The van der Waals surface area contributed by atoms with Crippen LogP contribution >= 0.6 is 0 Å². The topological polar surface area (TPSA) is 81.7 Å². The first-order valence-electron chi connectivity index (χ1n) is 7.54. The number of ether oxygens (including phenoxy) is 2. The first-order valence-corrected chi connectivity index (χ1v) is 7.54. The van der Waals surface area contributed by atoms with E-state index < -0.39 is 52.9 Å². The normalized spacial score (nSPS) is 12.9. The minimum Gasteiger partial charge on any atom is -0.469 e. The van der Waals surface area contributed by atoms with Crippen molar-refractivity contribution in [1.82, 2.24) is 5.32 Å². The molecule has 0 fully saturated rings. The van der Waals surface area contributed by atoms with Crippen molar-refractivity contribution in [3.05, 3.63) is 34.9 Å². The lowest BCUT2D eigenvalue weighted by Gasteiger charge is -2.18. The van der Waals surface area contributed by atoms with E-state index in [1.807, 2.05) is 5.32 Å². The van der Waals surface area contributed by atoms with Crippen molar-refractivity contribution in [2.75, 3.05) is 14.2 Å². The van der Waals surface area contributed by atoms with Crippen LogP contribution < -0.4 is 5.32 Å². The summed E-state index contributed by atoms with van der Waals surface area (Å²) in [5.41, 5.74) is -4.33. The fourth-order valence-electron chi connectivity index (χ4n) is 2.08. The second-order valence-electron chi connectivity index (χ2n) is 5.46. The molecule has 0 aliphatic heterocycles. The van der Waals surface area contributed by atoms with E-state index in [0.717, 1.165) is 14.2 Å². The minimum atomic E-state index is -5.14. The summed E-state index contributed by atoms with van der Waals surface area (Å²) in [4.78, 5) is 35.0. The van der Waals surface area contributed by atoms with Gasteiger partial charge in [0.05, 0.1) is 25.3 Å². The van der Waals surface area contributed by atoms with Crippen molar-refractivity contribution >= 4 is 17.8 Å². The van der Waals surface area contributed by atoms with Crippen molar-refractivity contribution in [1.29, 1.82) is 0 Å².